The summed E-state index contributed by atoms with van der Waals surface area (Å²) in [6.45, 7) is 2.30. The fourth-order valence-corrected chi connectivity index (χ4v) is 2.59. The van der Waals surface area contributed by atoms with Crippen LogP contribution in [0.3, 0.4) is 0 Å². The second-order valence-electron chi connectivity index (χ2n) is 4.71. The zero-order valence-corrected chi connectivity index (χ0v) is 10.1. The average Bonchev–Trinajstić information content (AvgIpc) is 2.41. The molecule has 1 atom stereocenters. The summed E-state index contributed by atoms with van der Waals surface area (Å²) in [5, 5.41) is 0. The van der Waals surface area contributed by atoms with E-state index in [0.717, 1.165) is 6.42 Å². The van der Waals surface area contributed by atoms with Crippen molar-refractivity contribution in [3.05, 3.63) is 77.4 Å². The highest BCUT2D eigenvalue weighted by molar-refractivity contribution is 5.82. The molecule has 0 saturated heterocycles. The summed E-state index contributed by atoms with van der Waals surface area (Å²) in [7, 11) is 0. The molecule has 0 N–H and O–H groups in total. The highest BCUT2D eigenvalue weighted by Crippen LogP contribution is 2.37. The Hall–Kier alpha value is -1.82. The van der Waals surface area contributed by atoms with Crippen LogP contribution in [0.2, 0.25) is 0 Å². The molecule has 2 aromatic rings. The van der Waals surface area contributed by atoms with E-state index in [1.54, 1.807) is 0 Å². The van der Waals surface area contributed by atoms with Crippen LogP contribution in [0.4, 0.5) is 0 Å². The third-order valence-electron chi connectivity index (χ3n) is 3.54. The van der Waals surface area contributed by atoms with E-state index < -0.39 is 0 Å². The molecule has 0 radical (unpaired) electrons. The van der Waals surface area contributed by atoms with Crippen molar-refractivity contribution in [1.29, 1.82) is 0 Å². The third kappa shape index (κ3) is 1.80. The van der Waals surface area contributed by atoms with Gasteiger partial charge in [0, 0.05) is 0 Å². The fourth-order valence-electron chi connectivity index (χ4n) is 2.59. The summed E-state index contributed by atoms with van der Waals surface area (Å²) in [6, 6.07) is 19.4. The molecule has 1 unspecified atom stereocenters. The van der Waals surface area contributed by atoms with Crippen molar-refractivity contribution in [2.75, 3.05) is 0 Å². The summed E-state index contributed by atoms with van der Waals surface area (Å²) < 4.78 is 0. The minimum atomic E-state index is 0.638. The standard InChI is InChI=1S/C17H16/c1-13-11-12-16(14-7-3-2-4-8-14)17-10-6-5-9-15(13)17/h2-10,12-13H,11H2,1H3. The predicted octanol–water partition coefficient (Wildman–Crippen LogP) is 4.63. The molecule has 0 aromatic heterocycles. The van der Waals surface area contributed by atoms with Gasteiger partial charge in [0.2, 0.25) is 0 Å². The zero-order chi connectivity index (χ0) is 11.7. The molecule has 0 saturated carbocycles. The molecule has 0 amide bonds. The van der Waals surface area contributed by atoms with E-state index in [2.05, 4.69) is 67.6 Å². The Morgan fingerprint density at radius 3 is 2.41 bits per heavy atom. The zero-order valence-electron chi connectivity index (χ0n) is 10.1. The second-order valence-corrected chi connectivity index (χ2v) is 4.71. The van der Waals surface area contributed by atoms with Crippen molar-refractivity contribution < 1.29 is 0 Å². The molecule has 0 heterocycles. The Balaban J connectivity index is 2.14. The van der Waals surface area contributed by atoms with E-state index in [9.17, 15) is 0 Å². The summed E-state index contributed by atoms with van der Waals surface area (Å²) in [6.07, 6.45) is 3.52. The maximum atomic E-state index is 2.38. The summed E-state index contributed by atoms with van der Waals surface area (Å²) in [4.78, 5) is 0. The van der Waals surface area contributed by atoms with E-state index in [-0.39, 0.29) is 0 Å². The first-order valence-electron chi connectivity index (χ1n) is 6.21. The molecular weight excluding hydrogens is 204 g/mol. The van der Waals surface area contributed by atoms with E-state index in [4.69, 9.17) is 0 Å². The van der Waals surface area contributed by atoms with Gasteiger partial charge in [-0.05, 0) is 34.6 Å². The smallest absolute Gasteiger partial charge is 0.0146 e. The van der Waals surface area contributed by atoms with Crippen molar-refractivity contribution >= 4 is 5.57 Å². The number of fused-ring (bicyclic) bond motifs is 1. The third-order valence-corrected chi connectivity index (χ3v) is 3.54. The first-order chi connectivity index (χ1) is 8.36. The fraction of sp³-hybridized carbons (Fsp3) is 0.176. The minimum absolute atomic E-state index is 0.638. The van der Waals surface area contributed by atoms with Crippen LogP contribution in [0.1, 0.15) is 36.0 Å². The highest BCUT2D eigenvalue weighted by atomic mass is 14.2. The minimum Gasteiger partial charge on any atom is -0.0755 e. The first kappa shape index (κ1) is 10.3. The van der Waals surface area contributed by atoms with Gasteiger partial charge in [-0.3, -0.25) is 0 Å². The molecule has 17 heavy (non-hydrogen) atoms. The normalized spacial score (nSPS) is 18.4. The molecule has 0 spiro atoms. The van der Waals surface area contributed by atoms with E-state index in [1.807, 2.05) is 0 Å². The lowest BCUT2D eigenvalue weighted by molar-refractivity contribution is 0.768. The lowest BCUT2D eigenvalue weighted by Crippen LogP contribution is -2.04. The molecule has 1 aliphatic carbocycles. The van der Waals surface area contributed by atoms with Gasteiger partial charge in [-0.25, -0.2) is 0 Å². The number of hydrogen-bond donors (Lipinski definition) is 0. The average molecular weight is 220 g/mol. The van der Waals surface area contributed by atoms with Crippen LogP contribution in [0, 0.1) is 0 Å². The van der Waals surface area contributed by atoms with E-state index in [1.165, 1.54) is 22.3 Å². The van der Waals surface area contributed by atoms with Gasteiger partial charge in [0.05, 0.1) is 0 Å². The summed E-state index contributed by atoms with van der Waals surface area (Å²) in [5.41, 5.74) is 5.59. The van der Waals surface area contributed by atoms with Gasteiger partial charge < -0.3 is 0 Å². The first-order valence-corrected chi connectivity index (χ1v) is 6.21. The number of rotatable bonds is 1. The molecule has 2 aromatic carbocycles. The monoisotopic (exact) mass is 220 g/mol. The molecule has 84 valence electrons. The topological polar surface area (TPSA) is 0 Å². The molecule has 0 nitrogen and oxygen atoms in total. The van der Waals surface area contributed by atoms with E-state index >= 15 is 0 Å². The van der Waals surface area contributed by atoms with Gasteiger partial charge in [-0.15, -0.1) is 0 Å². The molecule has 0 aliphatic heterocycles. The van der Waals surface area contributed by atoms with Crippen LogP contribution in [-0.4, -0.2) is 0 Å². The van der Waals surface area contributed by atoms with Gasteiger partial charge in [-0.2, -0.15) is 0 Å². The summed E-state index contributed by atoms with van der Waals surface area (Å²) >= 11 is 0. The van der Waals surface area contributed by atoms with Crippen molar-refractivity contribution in [3.8, 4) is 0 Å². The Morgan fingerprint density at radius 2 is 1.59 bits per heavy atom. The van der Waals surface area contributed by atoms with Crippen LogP contribution in [-0.2, 0) is 0 Å². The Labute approximate surface area is 103 Å². The Bertz CT molecular complexity index is 549. The van der Waals surface area contributed by atoms with Gasteiger partial charge in [0.25, 0.3) is 0 Å². The molecule has 3 rings (SSSR count). The van der Waals surface area contributed by atoms with Gasteiger partial charge in [-0.1, -0.05) is 67.6 Å². The largest absolute Gasteiger partial charge is 0.0755 e. The second kappa shape index (κ2) is 4.21. The molecule has 0 fully saturated rings. The molecule has 1 aliphatic rings. The van der Waals surface area contributed by atoms with Crippen molar-refractivity contribution in [1.82, 2.24) is 0 Å². The Morgan fingerprint density at radius 1 is 0.882 bits per heavy atom. The Kier molecular flexibility index (Phi) is 2.56. The lowest BCUT2D eigenvalue weighted by Gasteiger charge is -2.23. The van der Waals surface area contributed by atoms with Gasteiger partial charge >= 0.3 is 0 Å². The maximum absolute atomic E-state index is 2.38. The molecule has 0 heteroatoms. The van der Waals surface area contributed by atoms with Crippen molar-refractivity contribution in [3.63, 3.8) is 0 Å². The van der Waals surface area contributed by atoms with Gasteiger partial charge in [0.1, 0.15) is 0 Å². The number of allylic oxidation sites excluding steroid dienone is 1. The number of hydrogen-bond acceptors (Lipinski definition) is 0. The lowest BCUT2D eigenvalue weighted by atomic mass is 9.82. The molecular formula is C17H16. The van der Waals surface area contributed by atoms with Crippen LogP contribution in [0.25, 0.3) is 5.57 Å². The van der Waals surface area contributed by atoms with Crippen LogP contribution < -0.4 is 0 Å². The van der Waals surface area contributed by atoms with Crippen LogP contribution in [0.5, 0.6) is 0 Å². The highest BCUT2D eigenvalue weighted by Gasteiger charge is 2.18. The summed E-state index contributed by atoms with van der Waals surface area (Å²) in [5.74, 6) is 0.638. The SMILES string of the molecule is CC1CC=C(c2ccccc2)c2ccccc21. The van der Waals surface area contributed by atoms with Crippen molar-refractivity contribution in [2.24, 2.45) is 0 Å². The number of benzene rings is 2. The maximum Gasteiger partial charge on any atom is -0.0146 e. The van der Waals surface area contributed by atoms with Gasteiger partial charge in [0.15, 0.2) is 0 Å². The molecule has 0 bridgehead atoms. The van der Waals surface area contributed by atoms with E-state index in [0.29, 0.717) is 5.92 Å². The van der Waals surface area contributed by atoms with Crippen molar-refractivity contribution in [2.45, 2.75) is 19.3 Å². The van der Waals surface area contributed by atoms with Crippen LogP contribution in [0.15, 0.2) is 60.7 Å². The quantitative estimate of drug-likeness (QED) is 0.657. The van der Waals surface area contributed by atoms with Crippen LogP contribution >= 0.6 is 0 Å². The predicted molar refractivity (Wildman–Crippen MR) is 73.0 cm³/mol.